The zero-order valence-electron chi connectivity index (χ0n) is 11.5. The van der Waals surface area contributed by atoms with E-state index in [2.05, 4.69) is 5.32 Å². The molecule has 1 saturated carbocycles. The summed E-state index contributed by atoms with van der Waals surface area (Å²) in [6.45, 7) is 1.38. The minimum Gasteiger partial charge on any atom is -0.506 e. The van der Waals surface area contributed by atoms with Crippen molar-refractivity contribution in [3.8, 4) is 5.75 Å². The van der Waals surface area contributed by atoms with Gasteiger partial charge in [-0.05, 0) is 37.0 Å². The third-order valence-corrected chi connectivity index (χ3v) is 4.25. The zero-order valence-corrected chi connectivity index (χ0v) is 12.3. The first-order valence-corrected chi connectivity index (χ1v) is 7.48. The van der Waals surface area contributed by atoms with Gasteiger partial charge in [-0.2, -0.15) is 0 Å². The van der Waals surface area contributed by atoms with Gasteiger partial charge in [0.05, 0.1) is 11.1 Å². The van der Waals surface area contributed by atoms with Crippen LogP contribution in [0.25, 0.3) is 0 Å². The average molecular weight is 309 g/mol. The van der Waals surface area contributed by atoms with Crippen LogP contribution in [0.1, 0.15) is 29.6 Å². The normalized spacial score (nSPS) is 21.7. The Hall–Kier alpha value is -1.75. The SMILES string of the molecule is O=C(NC1CC(=O)N(CC2CC2)C1)c1ccc(Cl)c(O)c1. The van der Waals surface area contributed by atoms with Gasteiger partial charge in [0, 0.05) is 25.1 Å². The first kappa shape index (κ1) is 14.2. The number of nitrogens with zero attached hydrogens (tertiary/aromatic N) is 1. The molecule has 1 aliphatic carbocycles. The molecular formula is C15H17ClN2O3. The lowest BCUT2D eigenvalue weighted by Gasteiger charge is -2.16. The molecule has 0 radical (unpaired) electrons. The van der Waals surface area contributed by atoms with E-state index in [4.69, 9.17) is 11.6 Å². The quantitative estimate of drug-likeness (QED) is 0.891. The number of nitrogens with one attached hydrogen (secondary N) is 1. The van der Waals surface area contributed by atoms with Crippen LogP contribution in [0.3, 0.4) is 0 Å². The van der Waals surface area contributed by atoms with E-state index in [9.17, 15) is 14.7 Å². The fraction of sp³-hybridized carbons (Fsp3) is 0.467. The molecule has 6 heteroatoms. The van der Waals surface area contributed by atoms with E-state index in [1.54, 1.807) is 6.07 Å². The van der Waals surface area contributed by atoms with Crippen molar-refractivity contribution in [3.05, 3.63) is 28.8 Å². The number of carbonyl (C=O) groups excluding carboxylic acids is 2. The lowest BCUT2D eigenvalue weighted by molar-refractivity contribution is -0.127. The van der Waals surface area contributed by atoms with Gasteiger partial charge in [-0.15, -0.1) is 0 Å². The highest BCUT2D eigenvalue weighted by Gasteiger charge is 2.34. The average Bonchev–Trinajstić information content (AvgIpc) is 3.18. The number of halogens is 1. The number of likely N-dealkylation sites (tertiary alicyclic amines) is 1. The predicted molar refractivity (Wildman–Crippen MR) is 78.3 cm³/mol. The minimum atomic E-state index is -0.298. The number of hydrogen-bond donors (Lipinski definition) is 2. The Bertz CT molecular complexity index is 586. The molecule has 0 aromatic heterocycles. The van der Waals surface area contributed by atoms with Gasteiger partial charge in [-0.1, -0.05) is 11.6 Å². The zero-order chi connectivity index (χ0) is 15.0. The maximum atomic E-state index is 12.1. The topological polar surface area (TPSA) is 69.6 Å². The number of phenolic OH excluding ortho intramolecular Hbond substituents is 1. The van der Waals surface area contributed by atoms with Crippen LogP contribution in [0.4, 0.5) is 0 Å². The van der Waals surface area contributed by atoms with Crippen LogP contribution in [-0.4, -0.2) is 41.0 Å². The van der Waals surface area contributed by atoms with Crippen LogP contribution in [0.5, 0.6) is 5.75 Å². The Morgan fingerprint density at radius 3 is 2.86 bits per heavy atom. The molecule has 1 aromatic carbocycles. The molecule has 0 spiro atoms. The molecule has 112 valence electrons. The van der Waals surface area contributed by atoms with E-state index in [1.807, 2.05) is 4.90 Å². The van der Waals surface area contributed by atoms with Crippen molar-refractivity contribution >= 4 is 23.4 Å². The summed E-state index contributed by atoms with van der Waals surface area (Å²) in [5, 5.41) is 12.6. The van der Waals surface area contributed by atoms with Gasteiger partial charge in [0.2, 0.25) is 5.91 Å². The van der Waals surface area contributed by atoms with Crippen LogP contribution in [0, 0.1) is 5.92 Å². The predicted octanol–water partition coefficient (Wildman–Crippen LogP) is 1.79. The highest BCUT2D eigenvalue weighted by molar-refractivity contribution is 6.32. The third kappa shape index (κ3) is 3.29. The van der Waals surface area contributed by atoms with Crippen molar-refractivity contribution in [3.63, 3.8) is 0 Å². The molecule has 2 N–H and O–H groups in total. The first-order valence-electron chi connectivity index (χ1n) is 7.10. The monoisotopic (exact) mass is 308 g/mol. The summed E-state index contributed by atoms with van der Waals surface area (Å²) in [6, 6.07) is 4.19. The lowest BCUT2D eigenvalue weighted by Crippen LogP contribution is -2.37. The van der Waals surface area contributed by atoms with Crippen molar-refractivity contribution in [2.45, 2.75) is 25.3 Å². The molecule has 1 unspecified atom stereocenters. The number of amides is 2. The van der Waals surface area contributed by atoms with E-state index in [0.717, 1.165) is 6.54 Å². The number of aromatic hydroxyl groups is 1. The van der Waals surface area contributed by atoms with Gasteiger partial charge < -0.3 is 15.3 Å². The van der Waals surface area contributed by atoms with Crippen molar-refractivity contribution in [1.82, 2.24) is 10.2 Å². The van der Waals surface area contributed by atoms with Gasteiger partial charge in [-0.25, -0.2) is 0 Å². The van der Waals surface area contributed by atoms with Crippen molar-refractivity contribution < 1.29 is 14.7 Å². The minimum absolute atomic E-state index is 0.103. The maximum Gasteiger partial charge on any atom is 0.251 e. The molecule has 1 heterocycles. The molecule has 0 bridgehead atoms. The molecule has 21 heavy (non-hydrogen) atoms. The molecule has 1 atom stereocenters. The summed E-state index contributed by atoms with van der Waals surface area (Å²) >= 11 is 5.72. The third-order valence-electron chi connectivity index (χ3n) is 3.93. The molecule has 1 aliphatic heterocycles. The smallest absolute Gasteiger partial charge is 0.251 e. The van der Waals surface area contributed by atoms with Gasteiger partial charge in [0.1, 0.15) is 5.75 Å². The standard InChI is InChI=1S/C15H17ClN2O3/c16-12-4-3-10(5-13(12)19)15(21)17-11-6-14(20)18(8-11)7-9-1-2-9/h3-5,9,11,19H,1-2,6-8H2,(H,17,21). The number of benzene rings is 1. The largest absolute Gasteiger partial charge is 0.506 e. The van der Waals surface area contributed by atoms with E-state index in [0.29, 0.717) is 24.4 Å². The van der Waals surface area contributed by atoms with E-state index < -0.39 is 0 Å². The summed E-state index contributed by atoms with van der Waals surface area (Å²) in [7, 11) is 0. The van der Waals surface area contributed by atoms with E-state index >= 15 is 0 Å². The second-order valence-electron chi connectivity index (χ2n) is 5.78. The second kappa shape index (κ2) is 5.56. The Balaban J connectivity index is 1.59. The Labute approximate surface area is 127 Å². The highest BCUT2D eigenvalue weighted by atomic mass is 35.5. The second-order valence-corrected chi connectivity index (χ2v) is 6.19. The Morgan fingerprint density at radius 1 is 1.43 bits per heavy atom. The van der Waals surface area contributed by atoms with Gasteiger partial charge in [0.25, 0.3) is 5.91 Å². The summed E-state index contributed by atoms with van der Waals surface area (Å²) in [6.07, 6.45) is 2.74. The van der Waals surface area contributed by atoms with Crippen molar-refractivity contribution in [2.24, 2.45) is 5.92 Å². The summed E-state index contributed by atoms with van der Waals surface area (Å²) in [4.78, 5) is 25.8. The lowest BCUT2D eigenvalue weighted by atomic mass is 10.1. The number of rotatable bonds is 4. The molecule has 2 aliphatic rings. The summed E-state index contributed by atoms with van der Waals surface area (Å²) < 4.78 is 0. The molecule has 2 amide bonds. The van der Waals surface area contributed by atoms with Crippen molar-refractivity contribution in [2.75, 3.05) is 13.1 Å². The number of phenols is 1. The molecule has 2 fully saturated rings. The summed E-state index contributed by atoms with van der Waals surface area (Å²) in [5.41, 5.74) is 0.338. The van der Waals surface area contributed by atoms with Crippen LogP contribution in [0.15, 0.2) is 18.2 Å². The number of carbonyl (C=O) groups is 2. The Morgan fingerprint density at radius 2 is 2.19 bits per heavy atom. The van der Waals surface area contributed by atoms with Gasteiger partial charge in [-0.3, -0.25) is 9.59 Å². The van der Waals surface area contributed by atoms with E-state index in [-0.39, 0.29) is 28.6 Å². The molecular weight excluding hydrogens is 292 g/mol. The van der Waals surface area contributed by atoms with Crippen molar-refractivity contribution in [1.29, 1.82) is 0 Å². The fourth-order valence-corrected chi connectivity index (χ4v) is 2.70. The molecule has 3 rings (SSSR count). The molecule has 5 nitrogen and oxygen atoms in total. The summed E-state index contributed by atoms with van der Waals surface area (Å²) in [5.74, 6) is 0.331. The first-order chi connectivity index (χ1) is 10.0. The van der Waals surface area contributed by atoms with Crippen LogP contribution >= 0.6 is 11.6 Å². The van der Waals surface area contributed by atoms with E-state index in [1.165, 1.54) is 25.0 Å². The highest BCUT2D eigenvalue weighted by Crippen LogP contribution is 2.31. The molecule has 1 saturated heterocycles. The van der Waals surface area contributed by atoms with Gasteiger partial charge in [0.15, 0.2) is 0 Å². The molecule has 1 aromatic rings. The number of hydrogen-bond acceptors (Lipinski definition) is 3. The van der Waals surface area contributed by atoms with Crippen LogP contribution in [0.2, 0.25) is 5.02 Å². The van der Waals surface area contributed by atoms with Gasteiger partial charge >= 0.3 is 0 Å². The fourth-order valence-electron chi connectivity index (χ4n) is 2.58. The maximum absolute atomic E-state index is 12.1. The van der Waals surface area contributed by atoms with Crippen LogP contribution in [-0.2, 0) is 4.79 Å². The Kier molecular flexibility index (Phi) is 3.76. The van der Waals surface area contributed by atoms with Crippen LogP contribution < -0.4 is 5.32 Å².